The van der Waals surface area contributed by atoms with E-state index in [1.165, 1.54) is 23.3 Å². The highest BCUT2D eigenvalue weighted by atomic mass is 32.1. The van der Waals surface area contributed by atoms with Gasteiger partial charge in [0.15, 0.2) is 0 Å². The average Bonchev–Trinajstić information content (AvgIpc) is 3.24. The van der Waals surface area contributed by atoms with E-state index >= 15 is 0 Å². The Bertz CT molecular complexity index is 880. The molecule has 134 valence electrons. The number of aromatic nitrogens is 5. The Morgan fingerprint density at radius 2 is 2.19 bits per heavy atom. The minimum Gasteiger partial charge on any atom is -0.315 e. The maximum atomic E-state index is 4.71. The van der Waals surface area contributed by atoms with Crippen LogP contribution in [-0.4, -0.2) is 36.6 Å². The molecule has 1 fully saturated rings. The summed E-state index contributed by atoms with van der Waals surface area (Å²) in [6, 6.07) is 6.45. The van der Waals surface area contributed by atoms with Gasteiger partial charge in [0, 0.05) is 25.0 Å². The van der Waals surface area contributed by atoms with Crippen LogP contribution in [-0.2, 0) is 6.54 Å². The lowest BCUT2D eigenvalue weighted by Crippen LogP contribution is -2.24. The van der Waals surface area contributed by atoms with E-state index in [2.05, 4.69) is 36.4 Å². The lowest BCUT2D eigenvalue weighted by atomic mass is 10.1. The predicted octanol–water partition coefficient (Wildman–Crippen LogP) is 3.42. The smallest absolute Gasteiger partial charge is 0.211 e. The molecular formula is C18H21N7S. The van der Waals surface area contributed by atoms with Crippen LogP contribution >= 0.6 is 11.3 Å². The first-order chi connectivity index (χ1) is 12.7. The molecule has 0 aliphatic carbocycles. The van der Waals surface area contributed by atoms with Crippen molar-refractivity contribution >= 4 is 22.3 Å². The Balaban J connectivity index is 1.55. The molecule has 3 aromatic rings. The Hall–Kier alpha value is -2.45. The van der Waals surface area contributed by atoms with Crippen LogP contribution in [0.2, 0.25) is 0 Å². The van der Waals surface area contributed by atoms with E-state index < -0.39 is 0 Å². The summed E-state index contributed by atoms with van der Waals surface area (Å²) in [5, 5.41) is 13.1. The number of likely N-dealkylation sites (tertiary alicyclic amines) is 1. The van der Waals surface area contributed by atoms with Gasteiger partial charge < -0.3 is 5.32 Å². The highest BCUT2D eigenvalue weighted by Crippen LogP contribution is 2.33. The number of nitrogens with one attached hydrogen (secondary N) is 1. The van der Waals surface area contributed by atoms with Crippen LogP contribution in [0.25, 0.3) is 0 Å². The summed E-state index contributed by atoms with van der Waals surface area (Å²) in [5.41, 5.74) is 2.29. The van der Waals surface area contributed by atoms with E-state index in [0.29, 0.717) is 6.04 Å². The zero-order valence-corrected chi connectivity index (χ0v) is 15.7. The highest BCUT2D eigenvalue weighted by Gasteiger charge is 2.28. The molecule has 4 rings (SSSR count). The van der Waals surface area contributed by atoms with Crippen molar-refractivity contribution in [3.8, 4) is 0 Å². The number of anilines is 2. The first kappa shape index (κ1) is 17.0. The van der Waals surface area contributed by atoms with Gasteiger partial charge in [0.1, 0.15) is 16.6 Å². The second-order valence-corrected chi connectivity index (χ2v) is 7.65. The molecule has 26 heavy (non-hydrogen) atoms. The Morgan fingerprint density at radius 3 is 2.96 bits per heavy atom. The van der Waals surface area contributed by atoms with E-state index in [9.17, 15) is 0 Å². The molecule has 3 aromatic heterocycles. The number of hydrogen-bond acceptors (Lipinski definition) is 8. The third kappa shape index (κ3) is 3.86. The SMILES string of the molecule is Cc1nc(Nc2nnc(C)s2)cc([C@@H]2CCCN2Cc2cccnc2)n1. The molecule has 0 spiro atoms. The first-order valence-corrected chi connectivity index (χ1v) is 9.55. The van der Waals surface area contributed by atoms with Crippen molar-refractivity contribution in [2.24, 2.45) is 0 Å². The molecule has 0 amide bonds. The number of aryl methyl sites for hydroxylation is 2. The van der Waals surface area contributed by atoms with Crippen molar-refractivity contribution in [3.05, 3.63) is 52.7 Å². The Labute approximate surface area is 156 Å². The Morgan fingerprint density at radius 1 is 1.27 bits per heavy atom. The summed E-state index contributed by atoms with van der Waals surface area (Å²) in [7, 11) is 0. The molecular weight excluding hydrogens is 346 g/mol. The fraction of sp³-hybridized carbons (Fsp3) is 0.389. The van der Waals surface area contributed by atoms with Gasteiger partial charge in [0.2, 0.25) is 5.13 Å². The third-order valence-corrected chi connectivity index (χ3v) is 5.19. The molecule has 7 nitrogen and oxygen atoms in total. The number of hydrogen-bond donors (Lipinski definition) is 1. The average molecular weight is 367 g/mol. The van der Waals surface area contributed by atoms with Crippen molar-refractivity contribution in [1.29, 1.82) is 0 Å². The highest BCUT2D eigenvalue weighted by molar-refractivity contribution is 7.15. The van der Waals surface area contributed by atoms with Gasteiger partial charge in [-0.25, -0.2) is 9.97 Å². The van der Waals surface area contributed by atoms with Gasteiger partial charge in [-0.05, 0) is 44.9 Å². The second-order valence-electron chi connectivity index (χ2n) is 6.47. The van der Waals surface area contributed by atoms with E-state index in [4.69, 9.17) is 4.98 Å². The largest absolute Gasteiger partial charge is 0.315 e. The van der Waals surface area contributed by atoms with Crippen molar-refractivity contribution in [2.45, 2.75) is 39.3 Å². The summed E-state index contributed by atoms with van der Waals surface area (Å²) in [4.78, 5) is 15.9. The molecule has 1 aliphatic rings. The third-order valence-electron chi connectivity index (χ3n) is 4.43. The van der Waals surface area contributed by atoms with E-state index in [1.54, 1.807) is 0 Å². The molecule has 8 heteroatoms. The molecule has 4 heterocycles. The fourth-order valence-electron chi connectivity index (χ4n) is 3.36. The molecule has 0 aromatic carbocycles. The van der Waals surface area contributed by atoms with Gasteiger partial charge >= 0.3 is 0 Å². The first-order valence-electron chi connectivity index (χ1n) is 8.73. The lowest BCUT2D eigenvalue weighted by molar-refractivity contribution is 0.244. The summed E-state index contributed by atoms with van der Waals surface area (Å²) < 4.78 is 0. The summed E-state index contributed by atoms with van der Waals surface area (Å²) in [5.74, 6) is 1.54. The molecule has 0 radical (unpaired) electrons. The number of rotatable bonds is 5. The fourth-order valence-corrected chi connectivity index (χ4v) is 3.96. The summed E-state index contributed by atoms with van der Waals surface area (Å²) in [6.07, 6.45) is 6.03. The van der Waals surface area contributed by atoms with Crippen LogP contribution in [0.4, 0.5) is 10.9 Å². The molecule has 1 atom stereocenters. The molecule has 0 saturated carbocycles. The van der Waals surface area contributed by atoms with Gasteiger partial charge in [-0.1, -0.05) is 17.4 Å². The second kappa shape index (κ2) is 7.43. The van der Waals surface area contributed by atoms with Crippen LogP contribution in [0.1, 0.15) is 41.0 Å². The van der Waals surface area contributed by atoms with Gasteiger partial charge in [-0.2, -0.15) is 0 Å². The van der Waals surface area contributed by atoms with E-state index in [-0.39, 0.29) is 0 Å². The van der Waals surface area contributed by atoms with E-state index in [1.807, 2.05) is 38.4 Å². The maximum Gasteiger partial charge on any atom is 0.211 e. The van der Waals surface area contributed by atoms with Crippen molar-refractivity contribution in [3.63, 3.8) is 0 Å². The molecule has 1 saturated heterocycles. The Kier molecular flexibility index (Phi) is 4.85. The van der Waals surface area contributed by atoms with Crippen LogP contribution in [0.15, 0.2) is 30.6 Å². The quantitative estimate of drug-likeness (QED) is 0.740. The summed E-state index contributed by atoms with van der Waals surface area (Å²) in [6.45, 7) is 5.83. The van der Waals surface area contributed by atoms with Gasteiger partial charge in [0.05, 0.1) is 11.7 Å². The normalized spacial score (nSPS) is 17.5. The van der Waals surface area contributed by atoms with Crippen LogP contribution in [0.5, 0.6) is 0 Å². The zero-order chi connectivity index (χ0) is 17.9. The molecule has 1 aliphatic heterocycles. The predicted molar refractivity (Wildman–Crippen MR) is 101 cm³/mol. The zero-order valence-electron chi connectivity index (χ0n) is 14.9. The standard InChI is InChI=1S/C18H21N7S/c1-12-20-15(9-17(21-12)22-18-24-23-13(2)26-18)16-6-4-8-25(16)11-14-5-3-7-19-10-14/h3,5,7,9-10,16H,4,6,8,11H2,1-2H3,(H,20,21,22,24)/t16-/m0/s1. The van der Waals surface area contributed by atoms with Crippen LogP contribution in [0.3, 0.4) is 0 Å². The lowest BCUT2D eigenvalue weighted by Gasteiger charge is -2.24. The van der Waals surface area contributed by atoms with Gasteiger partial charge in [0.25, 0.3) is 0 Å². The molecule has 1 N–H and O–H groups in total. The van der Waals surface area contributed by atoms with E-state index in [0.717, 1.165) is 47.0 Å². The van der Waals surface area contributed by atoms with Crippen molar-refractivity contribution in [1.82, 2.24) is 30.0 Å². The van der Waals surface area contributed by atoms with Gasteiger partial charge in [-0.3, -0.25) is 9.88 Å². The minimum absolute atomic E-state index is 0.300. The minimum atomic E-state index is 0.300. The number of nitrogens with zero attached hydrogens (tertiary/aromatic N) is 6. The molecule has 0 bridgehead atoms. The van der Waals surface area contributed by atoms with Crippen molar-refractivity contribution in [2.75, 3.05) is 11.9 Å². The monoisotopic (exact) mass is 367 g/mol. The van der Waals surface area contributed by atoms with Crippen molar-refractivity contribution < 1.29 is 0 Å². The van der Waals surface area contributed by atoms with Crippen LogP contribution in [0, 0.1) is 13.8 Å². The van der Waals surface area contributed by atoms with Crippen LogP contribution < -0.4 is 5.32 Å². The topological polar surface area (TPSA) is 79.7 Å². The molecule has 0 unspecified atom stereocenters. The number of pyridine rings is 1. The summed E-state index contributed by atoms with van der Waals surface area (Å²) >= 11 is 1.52. The maximum absolute atomic E-state index is 4.71. The van der Waals surface area contributed by atoms with Gasteiger partial charge in [-0.15, -0.1) is 10.2 Å².